The van der Waals surface area contributed by atoms with Crippen LogP contribution in [0.3, 0.4) is 0 Å². The highest BCUT2D eigenvalue weighted by molar-refractivity contribution is 6.30. The van der Waals surface area contributed by atoms with E-state index < -0.39 is 6.04 Å². The number of pyridine rings is 1. The summed E-state index contributed by atoms with van der Waals surface area (Å²) in [5.41, 5.74) is 0. The number of aryl methyl sites for hydroxylation is 1. The van der Waals surface area contributed by atoms with Gasteiger partial charge in [-0.2, -0.15) is 0 Å². The lowest BCUT2D eigenvalue weighted by molar-refractivity contribution is -0.118. The predicted octanol–water partition coefficient (Wildman–Crippen LogP) is 2.34. The zero-order valence-corrected chi connectivity index (χ0v) is 14.5. The smallest absolute Gasteiger partial charge is 0.242 e. The molecular formula is C16H21ClN6O. The van der Waals surface area contributed by atoms with Crippen LogP contribution in [-0.4, -0.2) is 31.7 Å². The van der Waals surface area contributed by atoms with Crippen LogP contribution in [-0.2, 0) is 17.8 Å². The van der Waals surface area contributed by atoms with Gasteiger partial charge in [-0.3, -0.25) is 10.1 Å². The molecule has 2 N–H and O–H groups in total. The van der Waals surface area contributed by atoms with E-state index in [1.807, 2.05) is 13.8 Å². The van der Waals surface area contributed by atoms with Crippen LogP contribution in [0.25, 0.3) is 0 Å². The first-order valence-corrected chi connectivity index (χ1v) is 8.53. The summed E-state index contributed by atoms with van der Waals surface area (Å²) >= 11 is 5.79. The minimum Gasteiger partial charge on any atom is -0.314 e. The quantitative estimate of drug-likeness (QED) is 0.866. The van der Waals surface area contributed by atoms with Gasteiger partial charge in [-0.25, -0.2) is 4.98 Å². The Labute approximate surface area is 145 Å². The fourth-order valence-corrected chi connectivity index (χ4v) is 2.97. The zero-order chi connectivity index (χ0) is 17.1. The molecule has 2 atom stereocenters. The van der Waals surface area contributed by atoms with E-state index in [4.69, 9.17) is 11.6 Å². The molecule has 128 valence electrons. The molecule has 24 heavy (non-hydrogen) atoms. The number of anilines is 1. The summed E-state index contributed by atoms with van der Waals surface area (Å²) in [5.74, 6) is 2.24. The Bertz CT molecular complexity index is 714. The second-order valence-electron chi connectivity index (χ2n) is 6.04. The number of carbonyl (C=O) groups excluding carboxylic acids is 1. The predicted molar refractivity (Wildman–Crippen MR) is 91.8 cm³/mol. The van der Waals surface area contributed by atoms with E-state index in [9.17, 15) is 4.79 Å². The van der Waals surface area contributed by atoms with Crippen molar-refractivity contribution in [2.75, 3.05) is 5.32 Å². The summed E-state index contributed by atoms with van der Waals surface area (Å²) in [5, 5.41) is 15.1. The second-order valence-corrected chi connectivity index (χ2v) is 6.48. The number of amides is 1. The number of halogens is 1. The summed E-state index contributed by atoms with van der Waals surface area (Å²) in [6.45, 7) is 4.75. The normalized spacial score (nSPS) is 16.3. The standard InChI is InChI=1S/C16H21ClN6O/c1-10(15-22-21-14-5-3-4-8-23(14)15)19-11(2)16(24)20-13-7-6-12(17)9-18-13/h6-7,9-11,19H,3-5,8H2,1-2H3,(H,18,20,24)/t10-,11-/m0/s1. The molecule has 2 aromatic rings. The first-order valence-electron chi connectivity index (χ1n) is 8.15. The molecule has 0 saturated carbocycles. The van der Waals surface area contributed by atoms with E-state index in [0.717, 1.165) is 37.5 Å². The molecule has 0 aromatic carbocycles. The Hall–Kier alpha value is -1.99. The largest absolute Gasteiger partial charge is 0.314 e. The fraction of sp³-hybridized carbons (Fsp3) is 0.500. The number of aromatic nitrogens is 4. The lowest BCUT2D eigenvalue weighted by Crippen LogP contribution is -2.40. The average molecular weight is 349 g/mol. The van der Waals surface area contributed by atoms with Gasteiger partial charge in [0, 0.05) is 19.2 Å². The summed E-state index contributed by atoms with van der Waals surface area (Å²) in [7, 11) is 0. The highest BCUT2D eigenvalue weighted by Gasteiger charge is 2.23. The molecule has 1 aliphatic rings. The number of nitrogens with zero attached hydrogens (tertiary/aromatic N) is 4. The highest BCUT2D eigenvalue weighted by Crippen LogP contribution is 2.19. The van der Waals surface area contributed by atoms with Crippen LogP contribution in [0.1, 0.15) is 44.4 Å². The molecule has 2 aromatic heterocycles. The SMILES string of the molecule is C[C@H](N[C@@H](C)c1nnc2n1CCCC2)C(=O)Nc1ccc(Cl)cn1. The molecular weight excluding hydrogens is 328 g/mol. The highest BCUT2D eigenvalue weighted by atomic mass is 35.5. The molecule has 8 heteroatoms. The van der Waals surface area contributed by atoms with Crippen molar-refractivity contribution in [1.82, 2.24) is 25.1 Å². The molecule has 0 unspecified atom stereocenters. The fourth-order valence-electron chi connectivity index (χ4n) is 2.86. The number of hydrogen-bond acceptors (Lipinski definition) is 5. The molecule has 0 spiro atoms. The van der Waals surface area contributed by atoms with E-state index in [1.54, 1.807) is 12.1 Å². The molecule has 0 saturated heterocycles. The van der Waals surface area contributed by atoms with Crippen molar-refractivity contribution in [2.45, 2.75) is 51.7 Å². The first-order chi connectivity index (χ1) is 11.5. The minimum absolute atomic E-state index is 0.0664. The minimum atomic E-state index is -0.394. The molecule has 7 nitrogen and oxygen atoms in total. The average Bonchev–Trinajstić information content (AvgIpc) is 3.01. The summed E-state index contributed by atoms with van der Waals surface area (Å²) in [4.78, 5) is 16.4. The zero-order valence-electron chi connectivity index (χ0n) is 13.8. The molecule has 1 amide bonds. The Morgan fingerprint density at radius 3 is 2.88 bits per heavy atom. The second kappa shape index (κ2) is 7.27. The number of nitrogens with one attached hydrogen (secondary N) is 2. The van der Waals surface area contributed by atoms with Crippen LogP contribution in [0.2, 0.25) is 5.02 Å². The maximum atomic E-state index is 12.3. The van der Waals surface area contributed by atoms with Crippen LogP contribution in [0.15, 0.2) is 18.3 Å². The third-order valence-electron chi connectivity index (χ3n) is 4.15. The number of carbonyl (C=O) groups is 1. The van der Waals surface area contributed by atoms with Crippen molar-refractivity contribution in [2.24, 2.45) is 0 Å². The monoisotopic (exact) mass is 348 g/mol. The number of hydrogen-bond donors (Lipinski definition) is 2. The van der Waals surface area contributed by atoms with Gasteiger partial charge in [-0.1, -0.05) is 11.6 Å². The van der Waals surface area contributed by atoms with Crippen molar-refractivity contribution in [3.63, 3.8) is 0 Å². The van der Waals surface area contributed by atoms with Gasteiger partial charge in [0.05, 0.1) is 17.1 Å². The van der Waals surface area contributed by atoms with Crippen molar-refractivity contribution < 1.29 is 4.79 Å². The third-order valence-corrected chi connectivity index (χ3v) is 4.37. The van der Waals surface area contributed by atoms with Gasteiger partial charge >= 0.3 is 0 Å². The van der Waals surface area contributed by atoms with Crippen LogP contribution in [0, 0.1) is 0 Å². The molecule has 0 fully saturated rings. The summed E-state index contributed by atoms with van der Waals surface area (Å²) in [6.07, 6.45) is 4.77. The molecule has 0 aliphatic carbocycles. The van der Waals surface area contributed by atoms with Gasteiger partial charge in [0.15, 0.2) is 0 Å². The van der Waals surface area contributed by atoms with Crippen LogP contribution < -0.4 is 10.6 Å². The molecule has 1 aliphatic heterocycles. The number of fused-ring (bicyclic) bond motifs is 1. The molecule has 3 rings (SSSR count). The van der Waals surface area contributed by atoms with Gasteiger partial charge in [-0.05, 0) is 38.8 Å². The Kier molecular flexibility index (Phi) is 5.11. The maximum absolute atomic E-state index is 12.3. The van der Waals surface area contributed by atoms with E-state index >= 15 is 0 Å². The van der Waals surface area contributed by atoms with Crippen molar-refractivity contribution in [1.29, 1.82) is 0 Å². The van der Waals surface area contributed by atoms with Gasteiger partial charge in [0.25, 0.3) is 0 Å². The van der Waals surface area contributed by atoms with Crippen molar-refractivity contribution >= 4 is 23.3 Å². The summed E-state index contributed by atoms with van der Waals surface area (Å²) < 4.78 is 2.16. The molecule has 3 heterocycles. The number of rotatable bonds is 5. The van der Waals surface area contributed by atoms with Crippen molar-refractivity contribution in [3.8, 4) is 0 Å². The van der Waals surface area contributed by atoms with E-state index in [-0.39, 0.29) is 11.9 Å². The summed E-state index contributed by atoms with van der Waals surface area (Å²) in [6, 6.07) is 2.90. The van der Waals surface area contributed by atoms with Gasteiger partial charge in [0.2, 0.25) is 5.91 Å². The lowest BCUT2D eigenvalue weighted by atomic mass is 10.1. The Balaban J connectivity index is 1.61. The van der Waals surface area contributed by atoms with E-state index in [0.29, 0.717) is 10.8 Å². The maximum Gasteiger partial charge on any atom is 0.242 e. The van der Waals surface area contributed by atoms with Gasteiger partial charge in [-0.15, -0.1) is 10.2 Å². The van der Waals surface area contributed by atoms with Crippen LogP contribution >= 0.6 is 11.6 Å². The molecule has 0 radical (unpaired) electrons. The topological polar surface area (TPSA) is 84.7 Å². The van der Waals surface area contributed by atoms with Crippen LogP contribution in [0.4, 0.5) is 5.82 Å². The Morgan fingerprint density at radius 2 is 2.12 bits per heavy atom. The van der Waals surface area contributed by atoms with Crippen LogP contribution in [0.5, 0.6) is 0 Å². The van der Waals surface area contributed by atoms with Gasteiger partial charge < -0.3 is 9.88 Å². The third kappa shape index (κ3) is 3.73. The van der Waals surface area contributed by atoms with Gasteiger partial charge in [0.1, 0.15) is 17.5 Å². The Morgan fingerprint density at radius 1 is 1.29 bits per heavy atom. The molecule has 0 bridgehead atoms. The first kappa shape index (κ1) is 16.9. The van der Waals surface area contributed by atoms with E-state index in [2.05, 4.69) is 30.4 Å². The lowest BCUT2D eigenvalue weighted by Gasteiger charge is -2.21. The van der Waals surface area contributed by atoms with Crippen molar-refractivity contribution in [3.05, 3.63) is 35.0 Å². The van der Waals surface area contributed by atoms with E-state index in [1.165, 1.54) is 6.20 Å².